The fraction of sp³-hybridized carbons (Fsp3) is 0.938. The van der Waals surface area contributed by atoms with E-state index in [0.717, 1.165) is 44.2 Å². The average Bonchev–Trinajstić information content (AvgIpc) is 3.21. The number of hydrogen-bond acceptors (Lipinski definition) is 4. The third-order valence-corrected chi connectivity index (χ3v) is 7.24. The summed E-state index contributed by atoms with van der Waals surface area (Å²) in [6, 6.07) is 0. The van der Waals surface area contributed by atoms with Gasteiger partial charge in [-0.05, 0) is 25.7 Å². The lowest BCUT2D eigenvalue weighted by atomic mass is 10.1. The van der Waals surface area contributed by atoms with E-state index in [1.807, 2.05) is 0 Å². The van der Waals surface area contributed by atoms with Gasteiger partial charge in [-0.15, -0.1) is 0 Å². The van der Waals surface area contributed by atoms with Gasteiger partial charge in [-0.2, -0.15) is 11.8 Å². The number of rotatable bonds is 6. The van der Waals surface area contributed by atoms with Crippen LogP contribution in [0.1, 0.15) is 33.6 Å². The van der Waals surface area contributed by atoms with Gasteiger partial charge >= 0.3 is 0 Å². The predicted octanol–water partition coefficient (Wildman–Crippen LogP) is 1.85. The zero-order valence-electron chi connectivity index (χ0n) is 14.8. The van der Waals surface area contributed by atoms with Gasteiger partial charge in [0, 0.05) is 48.9 Å². The predicted molar refractivity (Wildman–Crippen MR) is 100 cm³/mol. The molecular weight excluding hydrogens is 330 g/mol. The summed E-state index contributed by atoms with van der Waals surface area (Å²) >= 11 is 2.05. The van der Waals surface area contributed by atoms with Crippen LogP contribution in [-0.2, 0) is 9.84 Å². The van der Waals surface area contributed by atoms with Gasteiger partial charge in [-0.1, -0.05) is 13.8 Å². The molecule has 2 rings (SSSR count). The third-order valence-electron chi connectivity index (χ3n) is 4.56. The van der Waals surface area contributed by atoms with Crippen LogP contribution >= 0.6 is 11.8 Å². The van der Waals surface area contributed by atoms with Gasteiger partial charge in [0.25, 0.3) is 0 Å². The van der Waals surface area contributed by atoms with E-state index >= 15 is 0 Å². The summed E-state index contributed by atoms with van der Waals surface area (Å²) in [5.74, 6) is 3.01. The molecule has 23 heavy (non-hydrogen) atoms. The number of nitrogens with one attached hydrogen (secondary N) is 1. The highest BCUT2D eigenvalue weighted by atomic mass is 32.2. The average molecular weight is 362 g/mol. The van der Waals surface area contributed by atoms with Gasteiger partial charge in [0.15, 0.2) is 5.96 Å². The molecule has 5 nitrogen and oxygen atoms in total. The van der Waals surface area contributed by atoms with Crippen LogP contribution in [0.4, 0.5) is 0 Å². The second kappa shape index (κ2) is 7.64. The smallest absolute Gasteiger partial charge is 0.193 e. The minimum Gasteiger partial charge on any atom is -0.357 e. The molecule has 0 aromatic heterocycles. The molecule has 2 fully saturated rings. The van der Waals surface area contributed by atoms with Crippen molar-refractivity contribution >= 4 is 27.6 Å². The molecule has 1 saturated carbocycles. The molecule has 0 aromatic carbocycles. The number of aliphatic imine (C=N–C) groups is 1. The first kappa shape index (κ1) is 18.9. The SMILES string of the molecule is CCNC(=NCC1(CS(C)(=O)=O)CC1)N1CCSC(C(C)C)C1. The Balaban J connectivity index is 2.03. The molecule has 0 amide bonds. The Kier molecular flexibility index (Phi) is 6.28. The maximum Gasteiger partial charge on any atom is 0.193 e. The Bertz CT molecular complexity index is 527. The van der Waals surface area contributed by atoms with Gasteiger partial charge in [-0.25, -0.2) is 8.42 Å². The second-order valence-electron chi connectivity index (χ2n) is 7.34. The summed E-state index contributed by atoms with van der Waals surface area (Å²) in [6.07, 6.45) is 3.29. The largest absolute Gasteiger partial charge is 0.357 e. The van der Waals surface area contributed by atoms with Crippen LogP contribution in [-0.4, -0.2) is 68.5 Å². The van der Waals surface area contributed by atoms with E-state index in [9.17, 15) is 8.42 Å². The van der Waals surface area contributed by atoms with Crippen molar-refractivity contribution in [3.05, 3.63) is 0 Å². The number of thioether (sulfide) groups is 1. The molecule has 0 bridgehead atoms. The van der Waals surface area contributed by atoms with E-state index in [4.69, 9.17) is 4.99 Å². The first-order chi connectivity index (χ1) is 10.7. The highest BCUT2D eigenvalue weighted by Crippen LogP contribution is 2.47. The van der Waals surface area contributed by atoms with E-state index in [2.05, 4.69) is 42.7 Å². The summed E-state index contributed by atoms with van der Waals surface area (Å²) < 4.78 is 23.2. The van der Waals surface area contributed by atoms with Crippen molar-refractivity contribution in [1.82, 2.24) is 10.2 Å². The van der Waals surface area contributed by atoms with Crippen LogP contribution in [0.15, 0.2) is 4.99 Å². The highest BCUT2D eigenvalue weighted by molar-refractivity contribution is 8.00. The zero-order chi connectivity index (χ0) is 17.1. The minimum atomic E-state index is -2.93. The van der Waals surface area contributed by atoms with Crippen LogP contribution in [0.2, 0.25) is 0 Å². The van der Waals surface area contributed by atoms with Crippen LogP contribution < -0.4 is 5.32 Å². The van der Waals surface area contributed by atoms with Gasteiger partial charge < -0.3 is 10.2 Å². The molecule has 1 aliphatic heterocycles. The normalized spacial score (nSPS) is 24.8. The topological polar surface area (TPSA) is 61.8 Å². The lowest BCUT2D eigenvalue weighted by molar-refractivity contribution is 0.379. The van der Waals surface area contributed by atoms with Crippen molar-refractivity contribution < 1.29 is 8.42 Å². The maximum absolute atomic E-state index is 11.6. The summed E-state index contributed by atoms with van der Waals surface area (Å²) in [6.45, 7) is 10.1. The molecule has 0 radical (unpaired) electrons. The van der Waals surface area contributed by atoms with E-state index in [1.165, 1.54) is 6.26 Å². The van der Waals surface area contributed by atoms with Crippen LogP contribution in [0.5, 0.6) is 0 Å². The lowest BCUT2D eigenvalue weighted by Gasteiger charge is -2.36. The van der Waals surface area contributed by atoms with Crippen molar-refractivity contribution in [3.63, 3.8) is 0 Å². The summed E-state index contributed by atoms with van der Waals surface area (Å²) in [7, 11) is -2.93. The molecule has 0 aromatic rings. The molecule has 1 atom stereocenters. The van der Waals surface area contributed by atoms with Crippen molar-refractivity contribution in [2.75, 3.05) is 43.9 Å². The van der Waals surface area contributed by atoms with Crippen LogP contribution in [0.25, 0.3) is 0 Å². The molecule has 1 N–H and O–H groups in total. The first-order valence-electron chi connectivity index (χ1n) is 8.57. The van der Waals surface area contributed by atoms with Crippen molar-refractivity contribution in [3.8, 4) is 0 Å². The number of sulfone groups is 1. The summed E-state index contributed by atoms with van der Waals surface area (Å²) in [5.41, 5.74) is -0.101. The molecule has 7 heteroatoms. The fourth-order valence-corrected chi connectivity index (χ4v) is 5.81. The van der Waals surface area contributed by atoms with Crippen LogP contribution in [0.3, 0.4) is 0 Å². The Morgan fingerprint density at radius 3 is 2.65 bits per heavy atom. The molecule has 1 heterocycles. The first-order valence-corrected chi connectivity index (χ1v) is 11.7. The standard InChI is InChI=1S/C16H31N3O2S2/c1-5-17-15(19-8-9-22-14(10-19)13(2)3)18-11-16(6-7-16)12-23(4,20)21/h13-14H,5-12H2,1-4H3,(H,17,18). The van der Waals surface area contributed by atoms with Gasteiger partial charge in [0.1, 0.15) is 9.84 Å². The van der Waals surface area contributed by atoms with Crippen LogP contribution in [0, 0.1) is 11.3 Å². The van der Waals surface area contributed by atoms with E-state index in [-0.39, 0.29) is 11.2 Å². The van der Waals surface area contributed by atoms with E-state index in [1.54, 1.807) is 0 Å². The second-order valence-corrected chi connectivity index (χ2v) is 10.8. The van der Waals surface area contributed by atoms with Crippen molar-refractivity contribution in [2.45, 2.75) is 38.9 Å². The van der Waals surface area contributed by atoms with Gasteiger partial charge in [0.05, 0.1) is 5.75 Å². The maximum atomic E-state index is 11.6. The van der Waals surface area contributed by atoms with E-state index in [0.29, 0.717) is 17.7 Å². The monoisotopic (exact) mass is 361 g/mol. The third kappa shape index (κ3) is 5.85. The molecule has 0 spiro atoms. The summed E-state index contributed by atoms with van der Waals surface area (Å²) in [5, 5.41) is 4.03. The molecular formula is C16H31N3O2S2. The zero-order valence-corrected chi connectivity index (χ0v) is 16.5. The Morgan fingerprint density at radius 2 is 2.13 bits per heavy atom. The highest BCUT2D eigenvalue weighted by Gasteiger charge is 2.45. The van der Waals surface area contributed by atoms with E-state index < -0.39 is 9.84 Å². The van der Waals surface area contributed by atoms with Crippen molar-refractivity contribution in [2.24, 2.45) is 16.3 Å². The quantitative estimate of drug-likeness (QED) is 0.578. The minimum absolute atomic E-state index is 0.101. The Labute approximate surface area is 145 Å². The number of guanidine groups is 1. The molecule has 2 aliphatic rings. The molecule has 1 unspecified atom stereocenters. The fourth-order valence-electron chi connectivity index (χ4n) is 3.02. The lowest BCUT2D eigenvalue weighted by Crippen LogP contribution is -2.49. The molecule has 134 valence electrons. The van der Waals surface area contributed by atoms with Gasteiger partial charge in [0.2, 0.25) is 0 Å². The van der Waals surface area contributed by atoms with Crippen molar-refractivity contribution in [1.29, 1.82) is 0 Å². The summed E-state index contributed by atoms with van der Waals surface area (Å²) in [4.78, 5) is 7.16. The Hall–Kier alpha value is -0.430. The molecule has 1 saturated heterocycles. The Morgan fingerprint density at radius 1 is 1.43 bits per heavy atom. The van der Waals surface area contributed by atoms with Gasteiger partial charge in [-0.3, -0.25) is 4.99 Å². The molecule has 1 aliphatic carbocycles. The number of hydrogen-bond donors (Lipinski definition) is 1. The number of nitrogens with zero attached hydrogens (tertiary/aromatic N) is 2.